The van der Waals surface area contributed by atoms with Crippen molar-refractivity contribution in [1.29, 1.82) is 0 Å². The van der Waals surface area contributed by atoms with Crippen LogP contribution in [0.4, 0.5) is 18.9 Å². The predicted molar refractivity (Wildman–Crippen MR) is 75.0 cm³/mol. The lowest BCUT2D eigenvalue weighted by molar-refractivity contribution is 0.535. The molecule has 0 radical (unpaired) electrons. The Hall–Kier alpha value is -1.34. The van der Waals surface area contributed by atoms with E-state index < -0.39 is 33.1 Å². The molecule has 2 aromatic rings. The molecule has 2 N–H and O–H groups in total. The lowest BCUT2D eigenvalue weighted by Gasteiger charge is -2.07. The lowest BCUT2D eigenvalue weighted by Crippen LogP contribution is -2.05. The van der Waals surface area contributed by atoms with E-state index in [1.165, 1.54) is 18.2 Å². The summed E-state index contributed by atoms with van der Waals surface area (Å²) < 4.78 is 53.4. The maximum absolute atomic E-state index is 13.6. The third-order valence-corrected chi connectivity index (χ3v) is 4.45. The topological polar surface area (TPSA) is 43.1 Å². The highest BCUT2D eigenvalue weighted by Crippen LogP contribution is 2.24. The zero-order valence-corrected chi connectivity index (χ0v) is 12.4. The molecule has 1 atom stereocenters. The Morgan fingerprint density at radius 3 is 2.25 bits per heavy atom. The lowest BCUT2D eigenvalue weighted by atomic mass is 10.2. The molecule has 106 valence electrons. The van der Waals surface area contributed by atoms with E-state index >= 15 is 0 Å². The first-order valence-electron chi connectivity index (χ1n) is 5.45. The second-order valence-corrected chi connectivity index (χ2v) is 6.34. The van der Waals surface area contributed by atoms with Crippen LogP contribution in [0.2, 0.25) is 0 Å². The minimum Gasteiger partial charge on any atom is -0.399 e. The van der Waals surface area contributed by atoms with Gasteiger partial charge in [-0.15, -0.1) is 0 Å². The van der Waals surface area contributed by atoms with Crippen molar-refractivity contribution in [2.45, 2.75) is 10.6 Å². The van der Waals surface area contributed by atoms with Crippen LogP contribution >= 0.6 is 15.9 Å². The average molecular weight is 364 g/mol. The average Bonchev–Trinajstić information content (AvgIpc) is 2.32. The Bertz CT molecular complexity index is 670. The van der Waals surface area contributed by atoms with Crippen LogP contribution in [-0.2, 0) is 16.6 Å². The number of nitrogen functional groups attached to an aromatic ring is 1. The molecule has 0 fully saturated rings. The molecule has 0 amide bonds. The van der Waals surface area contributed by atoms with Crippen LogP contribution < -0.4 is 5.73 Å². The normalized spacial score (nSPS) is 12.4. The highest BCUT2D eigenvalue weighted by molar-refractivity contribution is 9.10. The van der Waals surface area contributed by atoms with E-state index in [2.05, 4.69) is 15.9 Å². The smallest absolute Gasteiger partial charge is 0.144 e. The van der Waals surface area contributed by atoms with Crippen LogP contribution in [0, 0.1) is 17.5 Å². The summed E-state index contributed by atoms with van der Waals surface area (Å²) >= 11 is 3.15. The van der Waals surface area contributed by atoms with Crippen LogP contribution in [0.25, 0.3) is 0 Å². The van der Waals surface area contributed by atoms with E-state index in [-0.39, 0.29) is 17.0 Å². The third kappa shape index (κ3) is 3.21. The van der Waals surface area contributed by atoms with Crippen LogP contribution in [0.1, 0.15) is 5.56 Å². The van der Waals surface area contributed by atoms with Gasteiger partial charge >= 0.3 is 0 Å². The van der Waals surface area contributed by atoms with E-state index in [1.54, 1.807) is 0 Å². The Labute approximate surface area is 124 Å². The quantitative estimate of drug-likeness (QED) is 0.843. The molecule has 0 aliphatic heterocycles. The molecule has 2 rings (SSSR count). The summed E-state index contributed by atoms with van der Waals surface area (Å²) in [5, 5.41) is 0. The fourth-order valence-electron chi connectivity index (χ4n) is 1.66. The van der Waals surface area contributed by atoms with Crippen LogP contribution in [0.3, 0.4) is 0 Å². The number of anilines is 1. The summed E-state index contributed by atoms with van der Waals surface area (Å²) in [6, 6.07) is 5.85. The fourth-order valence-corrected chi connectivity index (χ4v) is 3.27. The van der Waals surface area contributed by atoms with Gasteiger partial charge in [0, 0.05) is 15.7 Å². The van der Waals surface area contributed by atoms with Crippen molar-refractivity contribution in [2.24, 2.45) is 0 Å². The van der Waals surface area contributed by atoms with Crippen molar-refractivity contribution < 1.29 is 17.4 Å². The van der Waals surface area contributed by atoms with Crippen molar-refractivity contribution in [1.82, 2.24) is 0 Å². The first-order chi connectivity index (χ1) is 9.38. The van der Waals surface area contributed by atoms with Crippen molar-refractivity contribution in [3.05, 3.63) is 57.8 Å². The van der Waals surface area contributed by atoms with E-state index in [0.717, 1.165) is 12.1 Å². The molecular formula is C13H9BrF3NOS. The highest BCUT2D eigenvalue weighted by Gasteiger charge is 2.18. The Balaban J connectivity index is 2.36. The zero-order valence-electron chi connectivity index (χ0n) is 10.00. The van der Waals surface area contributed by atoms with Crippen molar-refractivity contribution in [2.75, 3.05) is 5.73 Å². The zero-order chi connectivity index (χ0) is 14.9. The fraction of sp³-hybridized carbons (Fsp3) is 0.0769. The van der Waals surface area contributed by atoms with Gasteiger partial charge in [0.2, 0.25) is 0 Å². The molecule has 0 aliphatic carbocycles. The van der Waals surface area contributed by atoms with Gasteiger partial charge in [-0.3, -0.25) is 4.21 Å². The molecule has 1 unspecified atom stereocenters. The minimum atomic E-state index is -2.05. The summed E-state index contributed by atoms with van der Waals surface area (Å²) in [6.45, 7) is 0. The maximum atomic E-state index is 13.6. The number of nitrogens with two attached hydrogens (primary N) is 1. The van der Waals surface area contributed by atoms with Crippen LogP contribution in [-0.4, -0.2) is 4.21 Å². The van der Waals surface area contributed by atoms with Crippen LogP contribution in [0.5, 0.6) is 0 Å². The molecule has 0 aliphatic rings. The van der Waals surface area contributed by atoms with E-state index in [0.29, 0.717) is 4.47 Å². The van der Waals surface area contributed by atoms with Gasteiger partial charge in [-0.25, -0.2) is 13.2 Å². The SMILES string of the molecule is Nc1cc(F)c(S(=O)Cc2cc(Br)ccc2F)c(F)c1. The molecule has 0 saturated carbocycles. The van der Waals surface area contributed by atoms with Gasteiger partial charge in [-0.05, 0) is 30.3 Å². The third-order valence-electron chi connectivity index (χ3n) is 2.54. The number of hydrogen-bond acceptors (Lipinski definition) is 2. The molecule has 2 nitrogen and oxygen atoms in total. The van der Waals surface area contributed by atoms with Gasteiger partial charge in [-0.2, -0.15) is 0 Å². The van der Waals surface area contributed by atoms with Gasteiger partial charge in [0.15, 0.2) is 0 Å². The minimum absolute atomic E-state index is 0.102. The van der Waals surface area contributed by atoms with Crippen molar-refractivity contribution in [3.8, 4) is 0 Å². The highest BCUT2D eigenvalue weighted by atomic mass is 79.9. The summed E-state index contributed by atoms with van der Waals surface area (Å²) in [5.41, 5.74) is 5.28. The van der Waals surface area contributed by atoms with Crippen molar-refractivity contribution >= 4 is 32.4 Å². The molecule has 0 aromatic heterocycles. The Morgan fingerprint density at radius 1 is 1.05 bits per heavy atom. The molecule has 0 spiro atoms. The summed E-state index contributed by atoms with van der Waals surface area (Å²) in [5.74, 6) is -2.92. The van der Waals surface area contributed by atoms with Crippen LogP contribution in [0.15, 0.2) is 39.7 Å². The van der Waals surface area contributed by atoms with Gasteiger partial charge in [-0.1, -0.05) is 15.9 Å². The molecular weight excluding hydrogens is 355 g/mol. The van der Waals surface area contributed by atoms with E-state index in [4.69, 9.17) is 5.73 Å². The van der Waals surface area contributed by atoms with Gasteiger partial charge < -0.3 is 5.73 Å². The van der Waals surface area contributed by atoms with E-state index in [9.17, 15) is 17.4 Å². The summed E-state index contributed by atoms with van der Waals surface area (Å²) in [7, 11) is -2.05. The molecule has 7 heteroatoms. The molecule has 0 bridgehead atoms. The standard InChI is InChI=1S/C13H9BrF3NOS/c14-8-1-2-10(15)7(3-8)6-20(19)13-11(16)4-9(18)5-12(13)17/h1-5H,6,18H2. The first-order valence-corrected chi connectivity index (χ1v) is 7.56. The molecule has 2 aromatic carbocycles. The molecule has 0 saturated heterocycles. The van der Waals surface area contributed by atoms with Crippen molar-refractivity contribution in [3.63, 3.8) is 0 Å². The second kappa shape index (κ2) is 5.97. The predicted octanol–water partition coefficient (Wildman–Crippen LogP) is 3.76. The van der Waals surface area contributed by atoms with Gasteiger partial charge in [0.25, 0.3) is 0 Å². The van der Waals surface area contributed by atoms with Gasteiger partial charge in [0.1, 0.15) is 22.3 Å². The Morgan fingerprint density at radius 2 is 1.65 bits per heavy atom. The second-order valence-electron chi connectivity index (χ2n) is 4.04. The number of halogens is 4. The van der Waals surface area contributed by atoms with E-state index in [1.807, 2.05) is 0 Å². The molecule has 20 heavy (non-hydrogen) atoms. The first kappa shape index (κ1) is 15.1. The largest absolute Gasteiger partial charge is 0.399 e. The van der Waals surface area contributed by atoms with Gasteiger partial charge in [0.05, 0.1) is 16.6 Å². The number of benzene rings is 2. The summed E-state index contributed by atoms with van der Waals surface area (Å²) in [4.78, 5) is -0.599. The maximum Gasteiger partial charge on any atom is 0.144 e. The number of rotatable bonds is 3. The monoisotopic (exact) mass is 363 g/mol. The summed E-state index contributed by atoms with van der Waals surface area (Å²) in [6.07, 6.45) is 0. The molecule has 0 heterocycles. The number of hydrogen-bond donors (Lipinski definition) is 1. The Kier molecular flexibility index (Phi) is 4.49.